The van der Waals surface area contributed by atoms with Crippen LogP contribution in [0.15, 0.2) is 64.2 Å². The first-order chi connectivity index (χ1) is 15.0. The topological polar surface area (TPSA) is 105 Å². The zero-order valence-electron chi connectivity index (χ0n) is 16.9. The Balaban J connectivity index is 1.40. The van der Waals surface area contributed by atoms with E-state index in [0.29, 0.717) is 30.9 Å². The van der Waals surface area contributed by atoms with Gasteiger partial charge in [-0.05, 0) is 49.4 Å². The molecule has 1 atom stereocenters. The van der Waals surface area contributed by atoms with E-state index in [1.807, 2.05) is 61.5 Å². The first kappa shape index (κ1) is 20.9. The van der Waals surface area contributed by atoms with Crippen molar-refractivity contribution in [3.8, 4) is 11.5 Å². The van der Waals surface area contributed by atoms with Crippen molar-refractivity contribution >= 4 is 28.6 Å². The van der Waals surface area contributed by atoms with Gasteiger partial charge in [-0.2, -0.15) is 0 Å². The molecule has 1 aliphatic heterocycles. The third-order valence-corrected chi connectivity index (χ3v) is 6.09. The van der Waals surface area contributed by atoms with Gasteiger partial charge in [0, 0.05) is 5.56 Å². The highest BCUT2D eigenvalue weighted by Gasteiger charge is 2.31. The lowest BCUT2D eigenvalue weighted by Gasteiger charge is -2.08. The van der Waals surface area contributed by atoms with Crippen LogP contribution in [0.1, 0.15) is 29.0 Å². The summed E-state index contributed by atoms with van der Waals surface area (Å²) in [6, 6.07) is 17.2. The average Bonchev–Trinajstić information content (AvgIpc) is 3.31. The smallest absolute Gasteiger partial charge is 0.286 e. The largest absolute Gasteiger partial charge is 0.441 e. The lowest BCUT2D eigenvalue weighted by Crippen LogP contribution is -2.25. The van der Waals surface area contributed by atoms with Gasteiger partial charge >= 0.3 is 0 Å². The number of carbonyl (C=O) groups is 2. The van der Waals surface area contributed by atoms with Gasteiger partial charge in [0.25, 0.3) is 5.24 Å². The second-order valence-corrected chi connectivity index (χ2v) is 8.39. The van der Waals surface area contributed by atoms with Gasteiger partial charge in [-0.3, -0.25) is 14.9 Å². The number of oxazole rings is 1. The van der Waals surface area contributed by atoms with Crippen LogP contribution in [0.4, 0.5) is 4.79 Å². The van der Waals surface area contributed by atoms with Crippen LogP contribution in [-0.2, 0) is 17.6 Å². The molecule has 31 heavy (non-hydrogen) atoms. The minimum atomic E-state index is -0.404. The number of imide groups is 1. The molecule has 2 N–H and O–H groups in total. The van der Waals surface area contributed by atoms with Gasteiger partial charge in [0.2, 0.25) is 11.8 Å². The maximum Gasteiger partial charge on any atom is 0.286 e. The summed E-state index contributed by atoms with van der Waals surface area (Å²) in [5.74, 6) is 1.06. The van der Waals surface area contributed by atoms with Crippen LogP contribution in [0.25, 0.3) is 11.5 Å². The Bertz CT molecular complexity index is 1120. The summed E-state index contributed by atoms with van der Waals surface area (Å²) in [7, 11) is 0. The van der Waals surface area contributed by atoms with Crippen molar-refractivity contribution in [3.63, 3.8) is 0 Å². The number of nitrogens with zero attached hydrogens (tertiary/aromatic N) is 2. The van der Waals surface area contributed by atoms with Gasteiger partial charge in [0.15, 0.2) is 0 Å². The maximum absolute atomic E-state index is 11.7. The number of hydrogen-bond acceptors (Lipinski definition) is 7. The lowest BCUT2D eigenvalue weighted by molar-refractivity contribution is -0.118. The molecule has 158 valence electrons. The monoisotopic (exact) mass is 435 g/mol. The van der Waals surface area contributed by atoms with Crippen LogP contribution in [0.2, 0.25) is 0 Å². The van der Waals surface area contributed by atoms with Crippen molar-refractivity contribution in [2.24, 2.45) is 5.16 Å². The van der Waals surface area contributed by atoms with Gasteiger partial charge in [0.1, 0.15) is 5.76 Å². The van der Waals surface area contributed by atoms with Crippen molar-refractivity contribution in [3.05, 3.63) is 77.2 Å². The van der Waals surface area contributed by atoms with Crippen molar-refractivity contribution in [1.82, 2.24) is 10.3 Å². The van der Waals surface area contributed by atoms with Crippen LogP contribution in [0.5, 0.6) is 0 Å². The van der Waals surface area contributed by atoms with E-state index < -0.39 is 5.25 Å². The van der Waals surface area contributed by atoms with Crippen LogP contribution in [-0.4, -0.2) is 32.3 Å². The molecule has 1 fully saturated rings. The standard InChI is InChI=1S/C23H21N3O4S/c1-14-18(24-22(30-14)17-5-3-2-4-6-17)11-12-19(26-29)16-9-7-15(8-10-16)13-20-21(27)25-23(28)31-20/h2-10,20,29H,11-13H2,1H3,(H,25,27,28)/b26-19+. The Morgan fingerprint density at radius 1 is 1.16 bits per heavy atom. The van der Waals surface area contributed by atoms with Gasteiger partial charge in [-0.15, -0.1) is 0 Å². The molecule has 0 aliphatic carbocycles. The Morgan fingerprint density at radius 3 is 2.55 bits per heavy atom. The average molecular weight is 436 g/mol. The fourth-order valence-corrected chi connectivity index (χ4v) is 4.29. The van der Waals surface area contributed by atoms with Gasteiger partial charge < -0.3 is 9.62 Å². The summed E-state index contributed by atoms with van der Waals surface area (Å²) < 4.78 is 5.80. The zero-order valence-corrected chi connectivity index (χ0v) is 17.7. The molecule has 0 saturated carbocycles. The number of aryl methyl sites for hydroxylation is 2. The number of hydrogen-bond donors (Lipinski definition) is 2. The molecule has 2 amide bonds. The molecule has 2 heterocycles. The Kier molecular flexibility index (Phi) is 6.18. The van der Waals surface area contributed by atoms with E-state index in [2.05, 4.69) is 15.5 Å². The number of aromatic nitrogens is 1. The normalized spacial score (nSPS) is 16.5. The number of thioether (sulfide) groups is 1. The second-order valence-electron chi connectivity index (χ2n) is 7.22. The summed E-state index contributed by atoms with van der Waals surface area (Å²) >= 11 is 1.01. The number of rotatable bonds is 7. The first-order valence-corrected chi connectivity index (χ1v) is 10.7. The molecule has 0 spiro atoms. The second kappa shape index (κ2) is 9.18. The molecule has 1 saturated heterocycles. The van der Waals surface area contributed by atoms with Crippen molar-refractivity contribution < 1.29 is 19.2 Å². The first-order valence-electron chi connectivity index (χ1n) is 9.87. The van der Waals surface area contributed by atoms with Gasteiger partial charge in [0.05, 0.1) is 16.7 Å². The molecule has 0 bridgehead atoms. The van der Waals surface area contributed by atoms with Gasteiger partial charge in [-0.1, -0.05) is 59.4 Å². The molecule has 3 aromatic rings. The number of carbonyl (C=O) groups excluding carboxylic acids is 2. The van der Waals surface area contributed by atoms with Crippen molar-refractivity contribution in [2.75, 3.05) is 0 Å². The predicted octanol–water partition coefficient (Wildman–Crippen LogP) is 4.36. The van der Waals surface area contributed by atoms with E-state index in [0.717, 1.165) is 39.9 Å². The van der Waals surface area contributed by atoms with E-state index in [9.17, 15) is 14.8 Å². The van der Waals surface area contributed by atoms with E-state index in [1.54, 1.807) is 0 Å². The fourth-order valence-electron chi connectivity index (χ4n) is 3.43. The summed E-state index contributed by atoms with van der Waals surface area (Å²) in [4.78, 5) is 27.6. The summed E-state index contributed by atoms with van der Waals surface area (Å²) in [5.41, 5.74) is 4.00. The zero-order chi connectivity index (χ0) is 21.8. The van der Waals surface area contributed by atoms with Crippen LogP contribution >= 0.6 is 11.8 Å². The SMILES string of the molecule is Cc1oc(-c2ccccc2)nc1CC/C(=N\O)c1ccc(CC2SC(=O)NC2=O)cc1. The minimum absolute atomic E-state index is 0.255. The molecular formula is C23H21N3O4S. The maximum atomic E-state index is 11.7. The molecule has 1 aromatic heterocycles. The fraction of sp³-hybridized carbons (Fsp3) is 0.217. The van der Waals surface area contributed by atoms with Crippen LogP contribution < -0.4 is 5.32 Å². The minimum Gasteiger partial charge on any atom is -0.441 e. The van der Waals surface area contributed by atoms with E-state index in [4.69, 9.17) is 4.42 Å². The molecule has 0 radical (unpaired) electrons. The van der Waals surface area contributed by atoms with Crippen molar-refractivity contribution in [1.29, 1.82) is 0 Å². The van der Waals surface area contributed by atoms with Crippen LogP contribution in [0.3, 0.4) is 0 Å². The lowest BCUT2D eigenvalue weighted by atomic mass is 10.0. The predicted molar refractivity (Wildman–Crippen MR) is 118 cm³/mol. The molecule has 7 nitrogen and oxygen atoms in total. The molecule has 1 unspecified atom stereocenters. The highest BCUT2D eigenvalue weighted by Crippen LogP contribution is 2.24. The quantitative estimate of drug-likeness (QED) is 0.325. The van der Waals surface area contributed by atoms with E-state index in [1.165, 1.54) is 0 Å². The molecule has 4 rings (SSSR count). The highest BCUT2D eigenvalue weighted by atomic mass is 32.2. The summed E-state index contributed by atoms with van der Waals surface area (Å²) in [5, 5.41) is 14.6. The number of oxime groups is 1. The Labute approximate surface area is 183 Å². The summed E-state index contributed by atoms with van der Waals surface area (Å²) in [6.07, 6.45) is 1.53. The number of nitrogens with one attached hydrogen (secondary N) is 1. The molecule has 1 aliphatic rings. The highest BCUT2D eigenvalue weighted by molar-refractivity contribution is 8.15. The third-order valence-electron chi connectivity index (χ3n) is 5.11. The molecule has 8 heteroatoms. The molecular weight excluding hydrogens is 414 g/mol. The van der Waals surface area contributed by atoms with Crippen LogP contribution in [0, 0.1) is 6.92 Å². The third kappa shape index (κ3) is 4.86. The van der Waals surface area contributed by atoms with E-state index >= 15 is 0 Å². The van der Waals surface area contributed by atoms with E-state index in [-0.39, 0.29) is 11.1 Å². The Hall–Kier alpha value is -3.39. The summed E-state index contributed by atoms with van der Waals surface area (Å²) in [6.45, 7) is 1.88. The molecule has 2 aromatic carbocycles. The Morgan fingerprint density at radius 2 is 1.90 bits per heavy atom. The number of amides is 2. The van der Waals surface area contributed by atoms with Gasteiger partial charge in [-0.25, -0.2) is 4.98 Å². The number of benzene rings is 2. The van der Waals surface area contributed by atoms with Crippen molar-refractivity contribution in [2.45, 2.75) is 31.4 Å².